The van der Waals surface area contributed by atoms with Crippen LogP contribution in [0.2, 0.25) is 0 Å². The van der Waals surface area contributed by atoms with Gasteiger partial charge in [-0.15, -0.1) is 10.2 Å². The van der Waals surface area contributed by atoms with Crippen LogP contribution in [0, 0.1) is 0 Å². The number of hydrogen-bond donors (Lipinski definition) is 1. The van der Waals surface area contributed by atoms with Gasteiger partial charge in [-0.05, 0) is 30.3 Å². The third-order valence-corrected chi connectivity index (χ3v) is 4.19. The summed E-state index contributed by atoms with van der Waals surface area (Å²) in [6, 6.07) is 14.5. The van der Waals surface area contributed by atoms with E-state index in [0.717, 1.165) is 11.3 Å². The molecule has 1 N–H and O–H groups in total. The van der Waals surface area contributed by atoms with E-state index in [1.807, 2.05) is 36.4 Å². The molecule has 0 saturated heterocycles. The highest BCUT2D eigenvalue weighted by molar-refractivity contribution is 7.18. The van der Waals surface area contributed by atoms with Gasteiger partial charge in [0, 0.05) is 11.1 Å². The number of nitrogens with one attached hydrogen (secondary N) is 1. The minimum absolute atomic E-state index is 0.209. The lowest BCUT2D eigenvalue weighted by molar-refractivity contribution is 0.102. The zero-order valence-electron chi connectivity index (χ0n) is 11.9. The van der Waals surface area contributed by atoms with Crippen LogP contribution in [0.25, 0.3) is 10.6 Å². The highest BCUT2D eigenvalue weighted by Crippen LogP contribution is 2.37. The number of hydrogen-bond acceptors (Lipinski definition) is 6. The molecule has 1 aromatic heterocycles. The van der Waals surface area contributed by atoms with E-state index in [-0.39, 0.29) is 12.7 Å². The van der Waals surface area contributed by atoms with Crippen LogP contribution in [0.4, 0.5) is 5.13 Å². The van der Waals surface area contributed by atoms with Gasteiger partial charge in [0.25, 0.3) is 5.91 Å². The van der Waals surface area contributed by atoms with E-state index in [4.69, 9.17) is 9.47 Å². The largest absolute Gasteiger partial charge is 0.454 e. The number of amides is 1. The number of nitrogens with zero attached hydrogens (tertiary/aromatic N) is 2. The van der Waals surface area contributed by atoms with E-state index >= 15 is 0 Å². The second kappa shape index (κ2) is 5.69. The Hall–Kier alpha value is -2.93. The topological polar surface area (TPSA) is 73.3 Å². The summed E-state index contributed by atoms with van der Waals surface area (Å²) in [4.78, 5) is 12.1. The molecule has 0 radical (unpaired) electrons. The summed E-state index contributed by atoms with van der Waals surface area (Å²) in [7, 11) is 0. The van der Waals surface area contributed by atoms with Crippen LogP contribution < -0.4 is 14.8 Å². The van der Waals surface area contributed by atoms with E-state index in [1.165, 1.54) is 11.3 Å². The molecule has 0 saturated carbocycles. The van der Waals surface area contributed by atoms with Crippen LogP contribution >= 0.6 is 11.3 Å². The molecule has 1 aliphatic heterocycles. The van der Waals surface area contributed by atoms with Crippen molar-refractivity contribution >= 4 is 22.4 Å². The average Bonchev–Trinajstić information content (AvgIpc) is 3.23. The predicted molar refractivity (Wildman–Crippen MR) is 85.9 cm³/mol. The molecule has 1 amide bonds. The van der Waals surface area contributed by atoms with Gasteiger partial charge in [0.1, 0.15) is 5.01 Å². The van der Waals surface area contributed by atoms with E-state index in [0.29, 0.717) is 21.5 Å². The van der Waals surface area contributed by atoms with Crippen molar-refractivity contribution in [2.24, 2.45) is 0 Å². The van der Waals surface area contributed by atoms with Crippen LogP contribution in [0.3, 0.4) is 0 Å². The number of rotatable bonds is 3. The van der Waals surface area contributed by atoms with Crippen molar-refractivity contribution in [3.05, 3.63) is 54.1 Å². The first-order chi connectivity index (χ1) is 11.3. The van der Waals surface area contributed by atoms with E-state index in [2.05, 4.69) is 15.5 Å². The lowest BCUT2D eigenvalue weighted by Gasteiger charge is -2.00. The Morgan fingerprint density at radius 1 is 1.04 bits per heavy atom. The third-order valence-electron chi connectivity index (χ3n) is 3.30. The standard InChI is InChI=1S/C16H11N3O3S/c20-14(10-4-2-1-3-5-10)17-16-19-18-15(23-16)11-6-7-12-13(8-11)22-9-21-12/h1-8H,9H2,(H,17,19,20). The number of anilines is 1. The molecule has 0 unspecified atom stereocenters. The molecule has 3 aromatic rings. The molecule has 1 aliphatic rings. The normalized spacial score (nSPS) is 12.2. The molecule has 6 nitrogen and oxygen atoms in total. The van der Waals surface area contributed by atoms with Crippen molar-refractivity contribution in [3.8, 4) is 22.1 Å². The van der Waals surface area contributed by atoms with Crippen molar-refractivity contribution in [2.75, 3.05) is 12.1 Å². The quantitative estimate of drug-likeness (QED) is 0.800. The molecule has 23 heavy (non-hydrogen) atoms. The van der Waals surface area contributed by atoms with Gasteiger partial charge in [-0.2, -0.15) is 0 Å². The molecule has 4 rings (SSSR count). The molecule has 0 spiro atoms. The fourth-order valence-electron chi connectivity index (χ4n) is 2.18. The number of benzene rings is 2. The maximum atomic E-state index is 12.1. The van der Waals surface area contributed by atoms with Gasteiger partial charge in [0.05, 0.1) is 0 Å². The van der Waals surface area contributed by atoms with E-state index < -0.39 is 0 Å². The summed E-state index contributed by atoms with van der Waals surface area (Å²) in [5.41, 5.74) is 1.44. The van der Waals surface area contributed by atoms with Gasteiger partial charge in [0.2, 0.25) is 11.9 Å². The Bertz CT molecular complexity index is 864. The number of carbonyl (C=O) groups is 1. The van der Waals surface area contributed by atoms with E-state index in [1.54, 1.807) is 12.1 Å². The van der Waals surface area contributed by atoms with Crippen LogP contribution in [0.15, 0.2) is 48.5 Å². The Morgan fingerprint density at radius 2 is 1.87 bits per heavy atom. The molecule has 0 fully saturated rings. The molecule has 2 heterocycles. The molecule has 0 aliphatic carbocycles. The minimum atomic E-state index is -0.209. The Kier molecular flexibility index (Phi) is 3.39. The van der Waals surface area contributed by atoms with Gasteiger partial charge < -0.3 is 9.47 Å². The van der Waals surface area contributed by atoms with Crippen molar-refractivity contribution in [1.29, 1.82) is 0 Å². The van der Waals surface area contributed by atoms with Crippen LogP contribution in [0.5, 0.6) is 11.5 Å². The molecule has 7 heteroatoms. The summed E-state index contributed by atoms with van der Waals surface area (Å²) in [5, 5.41) is 12.0. The summed E-state index contributed by atoms with van der Waals surface area (Å²) in [6.07, 6.45) is 0. The monoisotopic (exact) mass is 325 g/mol. The van der Waals surface area contributed by atoms with Crippen molar-refractivity contribution in [2.45, 2.75) is 0 Å². The molecule has 2 aromatic carbocycles. The zero-order valence-corrected chi connectivity index (χ0v) is 12.7. The molecular weight excluding hydrogens is 314 g/mol. The smallest absolute Gasteiger partial charge is 0.257 e. The van der Waals surface area contributed by atoms with E-state index in [9.17, 15) is 4.79 Å². The lowest BCUT2D eigenvalue weighted by atomic mass is 10.2. The number of ether oxygens (including phenoxy) is 2. The first-order valence-corrected chi connectivity index (χ1v) is 7.71. The fraction of sp³-hybridized carbons (Fsp3) is 0.0625. The molecule has 0 atom stereocenters. The zero-order chi connectivity index (χ0) is 15.6. The number of aromatic nitrogens is 2. The maximum Gasteiger partial charge on any atom is 0.257 e. The van der Waals surface area contributed by atoms with Crippen molar-refractivity contribution in [3.63, 3.8) is 0 Å². The lowest BCUT2D eigenvalue weighted by Crippen LogP contribution is -2.11. The number of fused-ring (bicyclic) bond motifs is 1. The summed E-state index contributed by atoms with van der Waals surface area (Å²) in [5.74, 6) is 1.20. The first kappa shape index (κ1) is 13.7. The highest BCUT2D eigenvalue weighted by atomic mass is 32.1. The molecule has 114 valence electrons. The maximum absolute atomic E-state index is 12.1. The van der Waals surface area contributed by atoms with Gasteiger partial charge in [-0.25, -0.2) is 0 Å². The summed E-state index contributed by atoms with van der Waals surface area (Å²) in [6.45, 7) is 0.229. The Labute approximate surface area is 135 Å². The summed E-state index contributed by atoms with van der Waals surface area (Å²) < 4.78 is 10.6. The van der Waals surface area contributed by atoms with Crippen LogP contribution in [-0.2, 0) is 0 Å². The Morgan fingerprint density at radius 3 is 2.74 bits per heavy atom. The van der Waals surface area contributed by atoms with Gasteiger partial charge in [-0.1, -0.05) is 29.5 Å². The van der Waals surface area contributed by atoms with Crippen LogP contribution in [-0.4, -0.2) is 22.9 Å². The fourth-order valence-corrected chi connectivity index (χ4v) is 2.91. The second-order valence-electron chi connectivity index (χ2n) is 4.80. The average molecular weight is 325 g/mol. The van der Waals surface area contributed by atoms with Crippen LogP contribution in [0.1, 0.15) is 10.4 Å². The SMILES string of the molecule is O=C(Nc1nnc(-c2ccc3c(c2)OCO3)s1)c1ccccc1. The molecular formula is C16H11N3O3S. The van der Waals surface area contributed by atoms with Crippen molar-refractivity contribution < 1.29 is 14.3 Å². The third kappa shape index (κ3) is 2.74. The van der Waals surface area contributed by atoms with Crippen molar-refractivity contribution in [1.82, 2.24) is 10.2 Å². The minimum Gasteiger partial charge on any atom is -0.454 e. The molecule has 0 bridgehead atoms. The predicted octanol–water partition coefficient (Wildman–Crippen LogP) is 3.19. The van der Waals surface area contributed by atoms with Gasteiger partial charge in [-0.3, -0.25) is 10.1 Å². The van der Waals surface area contributed by atoms with Gasteiger partial charge in [0.15, 0.2) is 11.5 Å². The highest BCUT2D eigenvalue weighted by Gasteiger charge is 2.16. The second-order valence-corrected chi connectivity index (χ2v) is 5.78. The first-order valence-electron chi connectivity index (χ1n) is 6.89. The Balaban J connectivity index is 1.54. The summed E-state index contributed by atoms with van der Waals surface area (Å²) >= 11 is 1.30. The van der Waals surface area contributed by atoms with Gasteiger partial charge >= 0.3 is 0 Å². The number of carbonyl (C=O) groups excluding carboxylic acids is 1.